The van der Waals surface area contributed by atoms with Gasteiger partial charge in [0, 0.05) is 26.2 Å². The van der Waals surface area contributed by atoms with Gasteiger partial charge in [-0.15, -0.1) is 0 Å². The van der Waals surface area contributed by atoms with Gasteiger partial charge in [-0.25, -0.2) is 0 Å². The number of anilines is 1. The van der Waals surface area contributed by atoms with Gasteiger partial charge < -0.3 is 10.4 Å². The lowest BCUT2D eigenvalue weighted by Gasteiger charge is -2.17. The van der Waals surface area contributed by atoms with Crippen LogP contribution in [0.2, 0.25) is 0 Å². The van der Waals surface area contributed by atoms with E-state index < -0.39 is 4.92 Å². The molecule has 0 aromatic heterocycles. The second-order valence-electron chi connectivity index (χ2n) is 3.78. The summed E-state index contributed by atoms with van der Waals surface area (Å²) in [6, 6.07) is 4.98. The van der Waals surface area contributed by atoms with Crippen LogP contribution in [-0.2, 0) is 6.54 Å². The number of likely N-dealkylation sites (N-methyl/N-ethyl adjacent to an activating group) is 1. The van der Waals surface area contributed by atoms with E-state index in [1.807, 2.05) is 18.0 Å². The van der Waals surface area contributed by atoms with E-state index in [0.717, 1.165) is 5.56 Å². The average Bonchev–Trinajstić information content (AvgIpc) is 2.28. The van der Waals surface area contributed by atoms with E-state index in [9.17, 15) is 10.1 Å². The van der Waals surface area contributed by atoms with Crippen LogP contribution in [0.4, 0.5) is 11.4 Å². The minimum Gasteiger partial charge on any atom is -0.395 e. The fourth-order valence-corrected chi connectivity index (χ4v) is 1.70. The predicted octanol–water partition coefficient (Wildman–Crippen LogP) is 1.06. The number of hydrogen-bond acceptors (Lipinski definition) is 5. The highest BCUT2D eigenvalue weighted by atomic mass is 16.6. The minimum absolute atomic E-state index is 0.0698. The summed E-state index contributed by atoms with van der Waals surface area (Å²) in [7, 11) is 3.52. The first-order chi connectivity index (χ1) is 8.10. The SMILES string of the molecule is CNc1c(CN(C)CCO)cccc1[N+](=O)[O-]. The summed E-state index contributed by atoms with van der Waals surface area (Å²) in [5.41, 5.74) is 1.45. The third-order valence-corrected chi connectivity index (χ3v) is 2.50. The molecular formula is C11H17N3O3. The molecule has 0 spiro atoms. The Morgan fingerprint density at radius 1 is 1.53 bits per heavy atom. The molecule has 0 bridgehead atoms. The molecule has 0 amide bonds. The highest BCUT2D eigenvalue weighted by molar-refractivity contribution is 5.66. The molecule has 94 valence electrons. The molecule has 6 heteroatoms. The molecule has 0 aliphatic rings. The van der Waals surface area contributed by atoms with Crippen LogP contribution in [0, 0.1) is 10.1 Å². The van der Waals surface area contributed by atoms with Gasteiger partial charge in [0.05, 0.1) is 11.5 Å². The predicted molar refractivity (Wildman–Crippen MR) is 66.1 cm³/mol. The normalized spacial score (nSPS) is 10.6. The summed E-state index contributed by atoms with van der Waals surface area (Å²) in [5, 5.41) is 22.5. The van der Waals surface area contributed by atoms with Gasteiger partial charge in [-0.3, -0.25) is 15.0 Å². The van der Waals surface area contributed by atoms with Crippen molar-refractivity contribution >= 4 is 11.4 Å². The molecule has 17 heavy (non-hydrogen) atoms. The van der Waals surface area contributed by atoms with E-state index >= 15 is 0 Å². The van der Waals surface area contributed by atoms with Gasteiger partial charge in [0.2, 0.25) is 0 Å². The molecule has 1 aromatic rings. The van der Waals surface area contributed by atoms with Gasteiger partial charge in [-0.05, 0) is 12.6 Å². The number of nitro groups is 1. The summed E-state index contributed by atoms with van der Waals surface area (Å²) in [6.45, 7) is 1.16. The van der Waals surface area contributed by atoms with Gasteiger partial charge in [-0.2, -0.15) is 0 Å². The Hall–Kier alpha value is -1.66. The van der Waals surface area contributed by atoms with Crippen LogP contribution in [-0.4, -0.2) is 42.2 Å². The van der Waals surface area contributed by atoms with Gasteiger partial charge in [-0.1, -0.05) is 12.1 Å². The fraction of sp³-hybridized carbons (Fsp3) is 0.455. The molecule has 1 rings (SSSR count). The topological polar surface area (TPSA) is 78.6 Å². The summed E-state index contributed by atoms with van der Waals surface area (Å²) < 4.78 is 0. The number of aliphatic hydroxyl groups is 1. The van der Waals surface area contributed by atoms with Gasteiger partial charge in [0.25, 0.3) is 5.69 Å². The number of rotatable bonds is 6. The lowest BCUT2D eigenvalue weighted by Crippen LogP contribution is -2.22. The third-order valence-electron chi connectivity index (χ3n) is 2.50. The monoisotopic (exact) mass is 239 g/mol. The Labute approximate surface area is 100 Å². The number of nitrogens with zero attached hydrogens (tertiary/aromatic N) is 2. The number of nitro benzene ring substituents is 1. The maximum atomic E-state index is 10.9. The molecule has 1 aromatic carbocycles. The summed E-state index contributed by atoms with van der Waals surface area (Å²) in [6.07, 6.45) is 0. The summed E-state index contributed by atoms with van der Waals surface area (Å²) in [5.74, 6) is 0. The molecule has 0 saturated carbocycles. The van der Waals surface area contributed by atoms with Crippen molar-refractivity contribution < 1.29 is 10.0 Å². The van der Waals surface area contributed by atoms with Crippen LogP contribution in [0.25, 0.3) is 0 Å². The summed E-state index contributed by atoms with van der Waals surface area (Å²) >= 11 is 0. The Balaban J connectivity index is 2.99. The van der Waals surface area contributed by atoms with E-state index in [4.69, 9.17) is 5.11 Å². The van der Waals surface area contributed by atoms with Crippen molar-refractivity contribution in [1.29, 1.82) is 0 Å². The van der Waals surface area contributed by atoms with Crippen molar-refractivity contribution in [2.75, 3.05) is 32.6 Å². The number of aliphatic hydroxyl groups excluding tert-OH is 1. The van der Waals surface area contributed by atoms with E-state index in [1.54, 1.807) is 13.1 Å². The Bertz CT molecular complexity index is 396. The van der Waals surface area contributed by atoms with E-state index in [-0.39, 0.29) is 12.3 Å². The molecule has 6 nitrogen and oxygen atoms in total. The van der Waals surface area contributed by atoms with Gasteiger partial charge in [0.15, 0.2) is 0 Å². The molecular weight excluding hydrogens is 222 g/mol. The average molecular weight is 239 g/mol. The van der Waals surface area contributed by atoms with Gasteiger partial charge >= 0.3 is 0 Å². The summed E-state index contributed by atoms with van der Waals surface area (Å²) in [4.78, 5) is 12.4. The van der Waals surface area contributed by atoms with E-state index in [0.29, 0.717) is 18.8 Å². The molecule has 2 N–H and O–H groups in total. The largest absolute Gasteiger partial charge is 0.395 e. The molecule has 0 unspecified atom stereocenters. The first-order valence-corrected chi connectivity index (χ1v) is 5.33. The molecule has 0 fully saturated rings. The maximum absolute atomic E-state index is 10.9. The zero-order valence-electron chi connectivity index (χ0n) is 10.0. The number of benzene rings is 1. The first-order valence-electron chi connectivity index (χ1n) is 5.33. The second-order valence-corrected chi connectivity index (χ2v) is 3.78. The molecule has 0 radical (unpaired) electrons. The highest BCUT2D eigenvalue weighted by Gasteiger charge is 2.16. The Morgan fingerprint density at radius 2 is 2.24 bits per heavy atom. The first kappa shape index (κ1) is 13.4. The second kappa shape index (κ2) is 6.17. The molecule has 0 atom stereocenters. The Kier molecular flexibility index (Phi) is 4.86. The number of hydrogen-bond donors (Lipinski definition) is 2. The number of nitrogens with one attached hydrogen (secondary N) is 1. The van der Waals surface area contributed by atoms with E-state index in [1.165, 1.54) is 6.07 Å². The van der Waals surface area contributed by atoms with Crippen molar-refractivity contribution in [3.8, 4) is 0 Å². The standard InChI is InChI=1S/C11H17N3O3/c1-12-11-9(8-13(2)6-7-15)4-3-5-10(11)14(16)17/h3-5,12,15H,6-8H2,1-2H3. The van der Waals surface area contributed by atoms with Crippen molar-refractivity contribution in [2.24, 2.45) is 0 Å². The van der Waals surface area contributed by atoms with Crippen LogP contribution in [0.3, 0.4) is 0 Å². The lowest BCUT2D eigenvalue weighted by atomic mass is 10.1. The highest BCUT2D eigenvalue weighted by Crippen LogP contribution is 2.28. The fourth-order valence-electron chi connectivity index (χ4n) is 1.70. The van der Waals surface area contributed by atoms with Crippen molar-refractivity contribution in [3.63, 3.8) is 0 Å². The lowest BCUT2D eigenvalue weighted by molar-refractivity contribution is -0.384. The Morgan fingerprint density at radius 3 is 2.76 bits per heavy atom. The maximum Gasteiger partial charge on any atom is 0.292 e. The van der Waals surface area contributed by atoms with Crippen LogP contribution < -0.4 is 5.32 Å². The quantitative estimate of drug-likeness (QED) is 0.573. The molecule has 0 aliphatic carbocycles. The van der Waals surface area contributed by atoms with Gasteiger partial charge in [0.1, 0.15) is 5.69 Å². The van der Waals surface area contributed by atoms with Crippen molar-refractivity contribution in [1.82, 2.24) is 4.90 Å². The molecule has 0 heterocycles. The molecule has 0 saturated heterocycles. The van der Waals surface area contributed by atoms with Crippen molar-refractivity contribution in [2.45, 2.75) is 6.54 Å². The van der Waals surface area contributed by atoms with Crippen LogP contribution in [0.5, 0.6) is 0 Å². The van der Waals surface area contributed by atoms with E-state index in [2.05, 4.69) is 5.32 Å². The van der Waals surface area contributed by atoms with Crippen LogP contribution in [0.1, 0.15) is 5.56 Å². The zero-order chi connectivity index (χ0) is 12.8. The minimum atomic E-state index is -0.401. The van der Waals surface area contributed by atoms with Crippen molar-refractivity contribution in [3.05, 3.63) is 33.9 Å². The molecule has 0 aliphatic heterocycles. The zero-order valence-corrected chi connectivity index (χ0v) is 10.0. The van der Waals surface area contributed by atoms with Crippen LogP contribution >= 0.6 is 0 Å². The third kappa shape index (κ3) is 3.40. The van der Waals surface area contributed by atoms with Crippen LogP contribution in [0.15, 0.2) is 18.2 Å². The number of para-hydroxylation sites is 1. The smallest absolute Gasteiger partial charge is 0.292 e.